The Balaban J connectivity index is 1.76. The van der Waals surface area contributed by atoms with Crippen molar-refractivity contribution < 1.29 is 9.47 Å². The summed E-state index contributed by atoms with van der Waals surface area (Å²) in [7, 11) is 1.61. The lowest BCUT2D eigenvalue weighted by molar-refractivity contribution is 0.292. The standard InChI is InChI=1S/C16H18N2O3/c1-20-11-5-4-6-12(9-11)21-10-15-17-14-8-3-2-7-13(14)16(19)18-15/h4-6,9H,2-3,7-8,10H2,1H3,(H,17,18,19). The molecule has 0 fully saturated rings. The molecule has 0 bridgehead atoms. The first kappa shape index (κ1) is 13.7. The van der Waals surface area contributed by atoms with Gasteiger partial charge in [-0.1, -0.05) is 6.07 Å². The molecule has 5 nitrogen and oxygen atoms in total. The number of nitrogens with zero attached hydrogens (tertiary/aromatic N) is 1. The van der Waals surface area contributed by atoms with Gasteiger partial charge in [0.1, 0.15) is 23.9 Å². The highest BCUT2D eigenvalue weighted by atomic mass is 16.5. The van der Waals surface area contributed by atoms with Crippen molar-refractivity contribution in [3.63, 3.8) is 0 Å². The van der Waals surface area contributed by atoms with Crippen LogP contribution in [-0.2, 0) is 19.4 Å². The molecule has 0 saturated carbocycles. The Kier molecular flexibility index (Phi) is 3.90. The quantitative estimate of drug-likeness (QED) is 0.936. The van der Waals surface area contributed by atoms with Gasteiger partial charge in [0, 0.05) is 11.6 Å². The Morgan fingerprint density at radius 2 is 2.05 bits per heavy atom. The number of H-pyrrole nitrogens is 1. The molecule has 21 heavy (non-hydrogen) atoms. The maximum Gasteiger partial charge on any atom is 0.254 e. The second kappa shape index (κ2) is 5.99. The first-order chi connectivity index (χ1) is 10.3. The SMILES string of the molecule is COc1cccc(OCc2nc3c(c(=O)[nH]2)CCCC3)c1. The van der Waals surface area contributed by atoms with Crippen molar-refractivity contribution in [2.24, 2.45) is 0 Å². The average Bonchev–Trinajstić information content (AvgIpc) is 2.53. The maximum absolute atomic E-state index is 12.0. The van der Waals surface area contributed by atoms with Gasteiger partial charge in [-0.15, -0.1) is 0 Å². The normalized spacial score (nSPS) is 13.6. The number of fused-ring (bicyclic) bond motifs is 1. The highest BCUT2D eigenvalue weighted by Crippen LogP contribution is 2.20. The Bertz CT molecular complexity index is 694. The van der Waals surface area contributed by atoms with E-state index >= 15 is 0 Å². The van der Waals surface area contributed by atoms with Crippen LogP contribution in [0.1, 0.15) is 29.9 Å². The molecule has 0 saturated heterocycles. The van der Waals surface area contributed by atoms with Gasteiger partial charge in [-0.3, -0.25) is 4.79 Å². The molecule has 1 aromatic carbocycles. The minimum atomic E-state index is -0.0241. The molecule has 0 unspecified atom stereocenters. The monoisotopic (exact) mass is 286 g/mol. The Morgan fingerprint density at radius 1 is 1.24 bits per heavy atom. The van der Waals surface area contributed by atoms with Crippen LogP contribution >= 0.6 is 0 Å². The topological polar surface area (TPSA) is 64.2 Å². The number of hydrogen-bond donors (Lipinski definition) is 1. The van der Waals surface area contributed by atoms with E-state index in [1.54, 1.807) is 13.2 Å². The molecule has 0 radical (unpaired) electrons. The minimum Gasteiger partial charge on any atom is -0.497 e. The number of benzene rings is 1. The van der Waals surface area contributed by atoms with E-state index in [0.29, 0.717) is 11.6 Å². The van der Waals surface area contributed by atoms with E-state index < -0.39 is 0 Å². The predicted octanol–water partition coefficient (Wildman–Crippen LogP) is 2.24. The maximum atomic E-state index is 12.0. The van der Waals surface area contributed by atoms with E-state index in [1.807, 2.05) is 18.2 Å². The van der Waals surface area contributed by atoms with Gasteiger partial charge in [-0.25, -0.2) is 4.98 Å². The van der Waals surface area contributed by atoms with E-state index in [0.717, 1.165) is 42.7 Å². The van der Waals surface area contributed by atoms with Crippen LogP contribution in [0, 0.1) is 0 Å². The summed E-state index contributed by atoms with van der Waals surface area (Å²) >= 11 is 0. The third kappa shape index (κ3) is 3.07. The largest absolute Gasteiger partial charge is 0.497 e. The number of rotatable bonds is 4. The third-order valence-electron chi connectivity index (χ3n) is 3.66. The Morgan fingerprint density at radius 3 is 2.90 bits per heavy atom. The van der Waals surface area contributed by atoms with Crippen molar-refractivity contribution in [2.45, 2.75) is 32.3 Å². The van der Waals surface area contributed by atoms with Crippen LogP contribution in [0.25, 0.3) is 0 Å². The van der Waals surface area contributed by atoms with Crippen molar-refractivity contribution in [1.29, 1.82) is 0 Å². The molecule has 1 aliphatic rings. The molecule has 0 aliphatic heterocycles. The van der Waals surface area contributed by atoms with E-state index in [2.05, 4.69) is 9.97 Å². The third-order valence-corrected chi connectivity index (χ3v) is 3.66. The van der Waals surface area contributed by atoms with Crippen molar-refractivity contribution in [2.75, 3.05) is 7.11 Å². The van der Waals surface area contributed by atoms with Gasteiger partial charge in [0.2, 0.25) is 0 Å². The van der Waals surface area contributed by atoms with Crippen molar-refractivity contribution >= 4 is 0 Å². The molecule has 0 amide bonds. The molecule has 1 heterocycles. The molecule has 1 N–H and O–H groups in total. The number of ether oxygens (including phenoxy) is 2. The molecule has 1 aliphatic carbocycles. The molecule has 2 aromatic rings. The van der Waals surface area contributed by atoms with Crippen LogP contribution < -0.4 is 15.0 Å². The molecule has 5 heteroatoms. The lowest BCUT2D eigenvalue weighted by Gasteiger charge is -2.14. The van der Waals surface area contributed by atoms with E-state index in [9.17, 15) is 4.79 Å². The second-order valence-electron chi connectivity index (χ2n) is 5.11. The number of nitrogens with one attached hydrogen (secondary N) is 1. The first-order valence-electron chi connectivity index (χ1n) is 7.14. The van der Waals surface area contributed by atoms with Gasteiger partial charge in [0.15, 0.2) is 0 Å². The summed E-state index contributed by atoms with van der Waals surface area (Å²) in [5, 5.41) is 0. The summed E-state index contributed by atoms with van der Waals surface area (Å²) in [6, 6.07) is 7.36. The predicted molar refractivity (Wildman–Crippen MR) is 78.8 cm³/mol. The van der Waals surface area contributed by atoms with Crippen LogP contribution in [0.2, 0.25) is 0 Å². The fraction of sp³-hybridized carbons (Fsp3) is 0.375. The molecule has 3 rings (SSSR count). The van der Waals surface area contributed by atoms with Gasteiger partial charge >= 0.3 is 0 Å². The van der Waals surface area contributed by atoms with Crippen LogP contribution in [0.3, 0.4) is 0 Å². The van der Waals surface area contributed by atoms with Crippen molar-refractivity contribution in [3.8, 4) is 11.5 Å². The highest BCUT2D eigenvalue weighted by molar-refractivity contribution is 5.32. The fourth-order valence-electron chi connectivity index (χ4n) is 2.57. The van der Waals surface area contributed by atoms with Crippen LogP contribution in [0.5, 0.6) is 11.5 Å². The fourth-order valence-corrected chi connectivity index (χ4v) is 2.57. The number of aryl methyl sites for hydroxylation is 1. The summed E-state index contributed by atoms with van der Waals surface area (Å²) in [4.78, 5) is 19.4. The average molecular weight is 286 g/mol. The Labute approximate surface area is 123 Å². The summed E-state index contributed by atoms with van der Waals surface area (Å²) in [6.45, 7) is 0.246. The molecule has 0 spiro atoms. The van der Waals surface area contributed by atoms with Crippen LogP contribution in [0.15, 0.2) is 29.1 Å². The second-order valence-corrected chi connectivity index (χ2v) is 5.11. The summed E-state index contributed by atoms with van der Waals surface area (Å²) in [5.41, 5.74) is 1.74. The highest BCUT2D eigenvalue weighted by Gasteiger charge is 2.15. The Hall–Kier alpha value is -2.30. The molecular weight excluding hydrogens is 268 g/mol. The van der Waals surface area contributed by atoms with Crippen LogP contribution in [0.4, 0.5) is 0 Å². The van der Waals surface area contributed by atoms with Gasteiger partial charge in [0.05, 0.1) is 12.8 Å². The first-order valence-corrected chi connectivity index (χ1v) is 7.14. The minimum absolute atomic E-state index is 0.0241. The lowest BCUT2D eigenvalue weighted by Crippen LogP contribution is -2.23. The van der Waals surface area contributed by atoms with E-state index in [4.69, 9.17) is 9.47 Å². The van der Waals surface area contributed by atoms with E-state index in [-0.39, 0.29) is 12.2 Å². The van der Waals surface area contributed by atoms with Gasteiger partial charge in [-0.2, -0.15) is 0 Å². The molecule has 110 valence electrons. The van der Waals surface area contributed by atoms with E-state index in [1.165, 1.54) is 0 Å². The molecule has 0 atom stereocenters. The zero-order chi connectivity index (χ0) is 14.7. The number of hydrogen-bond acceptors (Lipinski definition) is 4. The van der Waals surface area contributed by atoms with Crippen LogP contribution in [-0.4, -0.2) is 17.1 Å². The van der Waals surface area contributed by atoms with Crippen molar-refractivity contribution in [1.82, 2.24) is 9.97 Å². The van der Waals surface area contributed by atoms with Gasteiger partial charge in [0.25, 0.3) is 5.56 Å². The van der Waals surface area contributed by atoms with Gasteiger partial charge in [-0.05, 0) is 37.8 Å². The summed E-state index contributed by atoms with van der Waals surface area (Å²) in [6.07, 6.45) is 3.87. The van der Waals surface area contributed by atoms with Crippen molar-refractivity contribution in [3.05, 3.63) is 51.7 Å². The number of methoxy groups -OCH3 is 1. The summed E-state index contributed by atoms with van der Waals surface area (Å²) in [5.74, 6) is 2.00. The zero-order valence-corrected chi connectivity index (χ0v) is 12.0. The number of aromatic nitrogens is 2. The summed E-state index contributed by atoms with van der Waals surface area (Å²) < 4.78 is 10.8. The molecular formula is C16H18N2O3. The van der Waals surface area contributed by atoms with Gasteiger partial charge < -0.3 is 14.5 Å². The number of aromatic amines is 1. The lowest BCUT2D eigenvalue weighted by atomic mass is 9.97. The zero-order valence-electron chi connectivity index (χ0n) is 12.0. The smallest absolute Gasteiger partial charge is 0.254 e. The molecule has 1 aromatic heterocycles.